The SMILES string of the molecule is CC(C)CCNC(=O)C1(C)Cn2nc(C(=O)NCc3ccccn3)cc2C(=O)N1C. The van der Waals surface area contributed by atoms with E-state index < -0.39 is 11.4 Å². The van der Waals surface area contributed by atoms with Gasteiger partial charge >= 0.3 is 0 Å². The summed E-state index contributed by atoms with van der Waals surface area (Å²) in [7, 11) is 1.60. The van der Waals surface area contributed by atoms with E-state index in [-0.39, 0.29) is 36.3 Å². The predicted molar refractivity (Wildman–Crippen MR) is 111 cm³/mol. The Hall–Kier alpha value is -3.23. The average Bonchev–Trinajstić information content (AvgIpc) is 3.14. The monoisotopic (exact) mass is 412 g/mol. The average molecular weight is 412 g/mol. The van der Waals surface area contributed by atoms with Crippen molar-refractivity contribution in [1.82, 2.24) is 30.3 Å². The summed E-state index contributed by atoms with van der Waals surface area (Å²) in [6.45, 7) is 6.85. The number of carbonyl (C=O) groups is 3. The maximum absolute atomic E-state index is 12.9. The predicted octanol–water partition coefficient (Wildman–Crippen LogP) is 1.21. The first kappa shape index (κ1) is 21.5. The summed E-state index contributed by atoms with van der Waals surface area (Å²) in [4.78, 5) is 43.8. The Morgan fingerprint density at radius 2 is 2.03 bits per heavy atom. The molecule has 160 valence electrons. The molecule has 1 aliphatic rings. The van der Waals surface area contributed by atoms with E-state index in [1.54, 1.807) is 32.3 Å². The number of nitrogens with one attached hydrogen (secondary N) is 2. The normalized spacial score (nSPS) is 18.3. The second-order valence-corrected chi connectivity index (χ2v) is 8.15. The van der Waals surface area contributed by atoms with Gasteiger partial charge in [0.15, 0.2) is 5.69 Å². The third-order valence-corrected chi connectivity index (χ3v) is 5.39. The molecule has 2 aromatic heterocycles. The number of aromatic nitrogens is 3. The Morgan fingerprint density at radius 1 is 1.27 bits per heavy atom. The van der Waals surface area contributed by atoms with Crippen LogP contribution in [-0.4, -0.2) is 56.5 Å². The van der Waals surface area contributed by atoms with Crippen LogP contribution in [0.25, 0.3) is 0 Å². The third kappa shape index (κ3) is 4.34. The Bertz CT molecular complexity index is 939. The topological polar surface area (TPSA) is 109 Å². The fourth-order valence-electron chi connectivity index (χ4n) is 3.27. The van der Waals surface area contributed by atoms with Gasteiger partial charge in [-0.05, 0) is 31.4 Å². The Labute approximate surface area is 175 Å². The van der Waals surface area contributed by atoms with Gasteiger partial charge < -0.3 is 15.5 Å². The molecule has 9 nitrogen and oxygen atoms in total. The van der Waals surface area contributed by atoms with Crippen molar-refractivity contribution in [3.63, 3.8) is 0 Å². The second-order valence-electron chi connectivity index (χ2n) is 8.15. The van der Waals surface area contributed by atoms with Crippen molar-refractivity contribution in [2.24, 2.45) is 5.92 Å². The van der Waals surface area contributed by atoms with Crippen LogP contribution in [0.3, 0.4) is 0 Å². The number of nitrogens with zero attached hydrogens (tertiary/aromatic N) is 4. The molecule has 3 rings (SSSR count). The summed E-state index contributed by atoms with van der Waals surface area (Å²) >= 11 is 0. The van der Waals surface area contributed by atoms with Gasteiger partial charge in [0.1, 0.15) is 11.2 Å². The molecule has 0 saturated heterocycles. The van der Waals surface area contributed by atoms with E-state index in [1.807, 2.05) is 6.07 Å². The summed E-state index contributed by atoms with van der Waals surface area (Å²) < 4.78 is 1.44. The number of rotatable bonds is 7. The zero-order valence-corrected chi connectivity index (χ0v) is 17.8. The lowest BCUT2D eigenvalue weighted by Crippen LogP contribution is -2.62. The third-order valence-electron chi connectivity index (χ3n) is 5.39. The van der Waals surface area contributed by atoms with E-state index >= 15 is 0 Å². The van der Waals surface area contributed by atoms with E-state index in [2.05, 4.69) is 34.6 Å². The van der Waals surface area contributed by atoms with Gasteiger partial charge in [-0.3, -0.25) is 24.0 Å². The summed E-state index contributed by atoms with van der Waals surface area (Å²) in [6.07, 6.45) is 2.51. The minimum absolute atomic E-state index is 0.132. The largest absolute Gasteiger partial charge is 0.354 e. The van der Waals surface area contributed by atoms with Crippen molar-refractivity contribution in [2.75, 3.05) is 13.6 Å². The van der Waals surface area contributed by atoms with Crippen molar-refractivity contribution in [1.29, 1.82) is 0 Å². The summed E-state index contributed by atoms with van der Waals surface area (Å²) in [5, 5.41) is 9.96. The van der Waals surface area contributed by atoms with Crippen LogP contribution in [0.4, 0.5) is 0 Å². The van der Waals surface area contributed by atoms with Crippen molar-refractivity contribution < 1.29 is 14.4 Å². The smallest absolute Gasteiger partial charge is 0.272 e. The molecule has 2 aromatic rings. The first-order chi connectivity index (χ1) is 14.2. The molecule has 0 aromatic carbocycles. The molecule has 0 aliphatic carbocycles. The number of hydrogen-bond donors (Lipinski definition) is 2. The van der Waals surface area contributed by atoms with E-state index in [0.29, 0.717) is 12.5 Å². The van der Waals surface area contributed by atoms with Crippen LogP contribution in [0.1, 0.15) is 53.9 Å². The fraction of sp³-hybridized carbons (Fsp3) is 0.476. The first-order valence-electron chi connectivity index (χ1n) is 10.0. The van der Waals surface area contributed by atoms with E-state index in [0.717, 1.165) is 12.1 Å². The zero-order valence-electron chi connectivity index (χ0n) is 17.8. The van der Waals surface area contributed by atoms with E-state index in [1.165, 1.54) is 15.6 Å². The minimum atomic E-state index is -1.09. The lowest BCUT2D eigenvalue weighted by molar-refractivity contribution is -0.132. The lowest BCUT2D eigenvalue weighted by Gasteiger charge is -2.40. The Kier molecular flexibility index (Phi) is 6.19. The number of carbonyl (C=O) groups excluding carboxylic acids is 3. The first-order valence-corrected chi connectivity index (χ1v) is 10.0. The highest BCUT2D eigenvalue weighted by Crippen LogP contribution is 2.26. The van der Waals surface area contributed by atoms with Crippen molar-refractivity contribution >= 4 is 17.7 Å². The molecule has 30 heavy (non-hydrogen) atoms. The van der Waals surface area contributed by atoms with Gasteiger partial charge in [-0.2, -0.15) is 5.10 Å². The molecule has 1 unspecified atom stereocenters. The van der Waals surface area contributed by atoms with Gasteiger partial charge in [-0.1, -0.05) is 19.9 Å². The molecular formula is C21H28N6O3. The van der Waals surface area contributed by atoms with Crippen LogP contribution in [0.2, 0.25) is 0 Å². The maximum Gasteiger partial charge on any atom is 0.272 e. The van der Waals surface area contributed by atoms with Gasteiger partial charge in [-0.25, -0.2) is 0 Å². The van der Waals surface area contributed by atoms with Gasteiger partial charge in [0.25, 0.3) is 11.8 Å². The highest BCUT2D eigenvalue weighted by molar-refractivity contribution is 6.01. The number of likely N-dealkylation sites (N-methyl/N-ethyl adjacent to an activating group) is 1. The summed E-state index contributed by atoms with van der Waals surface area (Å²) in [5.41, 5.74) is 0.0470. The van der Waals surface area contributed by atoms with Gasteiger partial charge in [-0.15, -0.1) is 0 Å². The van der Waals surface area contributed by atoms with Crippen LogP contribution >= 0.6 is 0 Å². The summed E-state index contributed by atoms with van der Waals surface area (Å²) in [6, 6.07) is 6.90. The van der Waals surface area contributed by atoms with Crippen molar-refractivity contribution in [2.45, 2.75) is 45.8 Å². The summed E-state index contributed by atoms with van der Waals surface area (Å²) in [5.74, 6) is -0.518. The van der Waals surface area contributed by atoms with Crippen molar-refractivity contribution in [3.05, 3.63) is 47.5 Å². The lowest BCUT2D eigenvalue weighted by atomic mass is 9.95. The van der Waals surface area contributed by atoms with Crippen molar-refractivity contribution in [3.8, 4) is 0 Å². The van der Waals surface area contributed by atoms with Gasteiger partial charge in [0.2, 0.25) is 5.91 Å². The minimum Gasteiger partial charge on any atom is -0.354 e. The highest BCUT2D eigenvalue weighted by Gasteiger charge is 2.46. The number of pyridine rings is 1. The molecule has 0 bridgehead atoms. The molecule has 1 aliphatic heterocycles. The second kappa shape index (κ2) is 8.64. The molecule has 9 heteroatoms. The van der Waals surface area contributed by atoms with Gasteiger partial charge in [0.05, 0.1) is 18.8 Å². The fourth-order valence-corrected chi connectivity index (χ4v) is 3.27. The molecule has 3 amide bonds. The van der Waals surface area contributed by atoms with Gasteiger partial charge in [0, 0.05) is 25.9 Å². The van der Waals surface area contributed by atoms with E-state index in [9.17, 15) is 14.4 Å². The quantitative estimate of drug-likeness (QED) is 0.711. The Morgan fingerprint density at radius 3 is 2.70 bits per heavy atom. The number of fused-ring (bicyclic) bond motifs is 1. The molecular weight excluding hydrogens is 384 g/mol. The molecule has 0 radical (unpaired) electrons. The molecule has 0 spiro atoms. The molecule has 3 heterocycles. The maximum atomic E-state index is 12.9. The number of hydrogen-bond acceptors (Lipinski definition) is 5. The van der Waals surface area contributed by atoms with E-state index in [4.69, 9.17) is 0 Å². The molecule has 1 atom stereocenters. The number of amides is 3. The van der Waals surface area contributed by atoms with Crippen LogP contribution in [0, 0.1) is 5.92 Å². The van der Waals surface area contributed by atoms with Crippen LogP contribution < -0.4 is 10.6 Å². The molecule has 0 saturated carbocycles. The molecule has 2 N–H and O–H groups in total. The highest BCUT2D eigenvalue weighted by atomic mass is 16.2. The zero-order chi connectivity index (χ0) is 21.9. The standard InChI is InChI=1S/C21H28N6O3/c1-14(2)8-10-23-20(30)21(3)13-27-17(19(29)26(21)4)11-16(25-27)18(28)24-12-15-7-5-6-9-22-15/h5-7,9,11,14H,8,10,12-13H2,1-4H3,(H,23,30)(H,24,28). The van der Waals surface area contributed by atoms with Crippen LogP contribution in [0.15, 0.2) is 30.5 Å². The molecule has 0 fully saturated rings. The Balaban J connectivity index is 1.73. The van der Waals surface area contributed by atoms with Crippen LogP contribution in [0.5, 0.6) is 0 Å². The van der Waals surface area contributed by atoms with Crippen LogP contribution in [-0.2, 0) is 17.9 Å².